The number of benzene rings is 1. The minimum absolute atomic E-state index is 0.0451. The first-order chi connectivity index (χ1) is 12.5. The summed E-state index contributed by atoms with van der Waals surface area (Å²) in [5.74, 6) is 0.882. The SMILES string of the molecule is CC(C)NC(=O)OC1CCC(c2cnc(Nc3ccc(S)cc3)nc2)C1. The largest absolute Gasteiger partial charge is 0.446 e. The van der Waals surface area contributed by atoms with Gasteiger partial charge < -0.3 is 15.4 Å². The quantitative estimate of drug-likeness (QED) is 0.683. The molecule has 1 fully saturated rings. The van der Waals surface area contributed by atoms with Crippen molar-refractivity contribution in [2.45, 2.75) is 56.1 Å². The fourth-order valence-corrected chi connectivity index (χ4v) is 3.21. The maximum absolute atomic E-state index is 11.7. The van der Waals surface area contributed by atoms with Crippen LogP contribution in [-0.4, -0.2) is 28.2 Å². The first-order valence-electron chi connectivity index (χ1n) is 8.84. The van der Waals surface area contributed by atoms with Crippen molar-refractivity contribution in [1.29, 1.82) is 0 Å². The first-order valence-corrected chi connectivity index (χ1v) is 9.29. The van der Waals surface area contributed by atoms with Gasteiger partial charge in [0.05, 0.1) is 0 Å². The monoisotopic (exact) mass is 372 g/mol. The van der Waals surface area contributed by atoms with Gasteiger partial charge in [-0.3, -0.25) is 0 Å². The summed E-state index contributed by atoms with van der Waals surface area (Å²) in [5, 5.41) is 5.93. The molecule has 1 aliphatic rings. The van der Waals surface area contributed by atoms with E-state index in [2.05, 4.69) is 33.2 Å². The van der Waals surface area contributed by atoms with Gasteiger partial charge in [-0.2, -0.15) is 0 Å². The minimum atomic E-state index is -0.339. The van der Waals surface area contributed by atoms with Crippen molar-refractivity contribution >= 4 is 30.4 Å². The lowest BCUT2D eigenvalue weighted by molar-refractivity contribution is 0.0982. The highest BCUT2D eigenvalue weighted by atomic mass is 32.1. The molecule has 26 heavy (non-hydrogen) atoms. The molecular weight excluding hydrogens is 348 g/mol. The molecule has 0 bridgehead atoms. The second-order valence-corrected chi connectivity index (χ2v) is 7.36. The summed E-state index contributed by atoms with van der Waals surface area (Å²) in [7, 11) is 0. The Morgan fingerprint density at radius 1 is 1.19 bits per heavy atom. The van der Waals surface area contributed by atoms with Gasteiger partial charge in [0, 0.05) is 29.0 Å². The van der Waals surface area contributed by atoms with Crippen LogP contribution in [0.2, 0.25) is 0 Å². The Morgan fingerprint density at radius 2 is 1.88 bits per heavy atom. The van der Waals surface area contributed by atoms with E-state index in [0.29, 0.717) is 11.9 Å². The van der Waals surface area contributed by atoms with E-state index >= 15 is 0 Å². The number of nitrogens with zero attached hydrogens (tertiary/aromatic N) is 2. The number of carbonyl (C=O) groups is 1. The van der Waals surface area contributed by atoms with Crippen molar-refractivity contribution < 1.29 is 9.53 Å². The zero-order chi connectivity index (χ0) is 18.5. The van der Waals surface area contributed by atoms with E-state index < -0.39 is 0 Å². The van der Waals surface area contributed by atoms with E-state index in [1.54, 1.807) is 0 Å². The molecule has 2 N–H and O–H groups in total. The number of alkyl carbamates (subject to hydrolysis) is 1. The zero-order valence-corrected chi connectivity index (χ0v) is 15.9. The highest BCUT2D eigenvalue weighted by Crippen LogP contribution is 2.35. The molecule has 1 saturated carbocycles. The molecular formula is C19H24N4O2S. The van der Waals surface area contributed by atoms with Crippen molar-refractivity contribution in [3.05, 3.63) is 42.2 Å². The summed E-state index contributed by atoms with van der Waals surface area (Å²) < 4.78 is 5.48. The number of nitrogens with one attached hydrogen (secondary N) is 2. The van der Waals surface area contributed by atoms with Crippen LogP contribution in [-0.2, 0) is 4.74 Å². The predicted octanol–water partition coefficient (Wildman–Crippen LogP) is 4.28. The van der Waals surface area contributed by atoms with Gasteiger partial charge in [-0.15, -0.1) is 12.6 Å². The van der Waals surface area contributed by atoms with Crippen molar-refractivity contribution in [3.63, 3.8) is 0 Å². The van der Waals surface area contributed by atoms with Crippen LogP contribution in [0.1, 0.15) is 44.6 Å². The molecule has 0 spiro atoms. The van der Waals surface area contributed by atoms with Crippen molar-refractivity contribution in [2.75, 3.05) is 5.32 Å². The molecule has 2 atom stereocenters. The van der Waals surface area contributed by atoms with Crippen LogP contribution in [0.4, 0.5) is 16.4 Å². The van der Waals surface area contributed by atoms with E-state index in [1.165, 1.54) is 0 Å². The molecule has 1 aliphatic carbocycles. The number of thiol groups is 1. The lowest BCUT2D eigenvalue weighted by Gasteiger charge is -2.15. The third-order valence-corrected chi connectivity index (χ3v) is 4.63. The maximum atomic E-state index is 11.7. The standard InChI is InChI=1S/C19H24N4O2S/c1-12(2)22-19(24)25-16-6-3-13(9-16)14-10-20-18(21-11-14)23-15-4-7-17(26)8-5-15/h4-5,7-8,10-13,16,26H,3,6,9H2,1-2H3,(H,22,24)(H,20,21,23). The molecule has 1 aromatic heterocycles. The summed E-state index contributed by atoms with van der Waals surface area (Å²) in [6, 6.07) is 7.76. The average molecular weight is 372 g/mol. The van der Waals surface area contributed by atoms with Gasteiger partial charge in [0.1, 0.15) is 6.10 Å². The second kappa shape index (κ2) is 8.40. The molecule has 0 aliphatic heterocycles. The Bertz CT molecular complexity index is 734. The van der Waals surface area contributed by atoms with Gasteiger partial charge in [0.2, 0.25) is 5.95 Å². The lowest BCUT2D eigenvalue weighted by atomic mass is 10.0. The van der Waals surface area contributed by atoms with Crippen LogP contribution < -0.4 is 10.6 Å². The summed E-state index contributed by atoms with van der Waals surface area (Å²) in [6.07, 6.45) is 5.97. The molecule has 2 unspecified atom stereocenters. The van der Waals surface area contributed by atoms with Crippen molar-refractivity contribution in [3.8, 4) is 0 Å². The number of amides is 1. The maximum Gasteiger partial charge on any atom is 0.407 e. The van der Waals surface area contributed by atoms with Crippen molar-refractivity contribution in [1.82, 2.24) is 15.3 Å². The van der Waals surface area contributed by atoms with Crippen LogP contribution in [0.25, 0.3) is 0 Å². The fraction of sp³-hybridized carbons (Fsp3) is 0.421. The molecule has 7 heteroatoms. The Morgan fingerprint density at radius 3 is 2.54 bits per heavy atom. The number of anilines is 2. The molecule has 1 heterocycles. The van der Waals surface area contributed by atoms with Gasteiger partial charge in [0.15, 0.2) is 0 Å². The van der Waals surface area contributed by atoms with Gasteiger partial charge in [-0.25, -0.2) is 14.8 Å². The Hall–Kier alpha value is -2.28. The van der Waals surface area contributed by atoms with E-state index in [9.17, 15) is 4.79 Å². The topological polar surface area (TPSA) is 76.1 Å². The Kier molecular flexibility index (Phi) is 5.98. The summed E-state index contributed by atoms with van der Waals surface area (Å²) >= 11 is 4.27. The summed E-state index contributed by atoms with van der Waals surface area (Å²) in [5.41, 5.74) is 2.00. The Balaban J connectivity index is 1.54. The summed E-state index contributed by atoms with van der Waals surface area (Å²) in [4.78, 5) is 21.4. The van der Waals surface area contributed by atoms with Crippen LogP contribution in [0, 0.1) is 0 Å². The number of rotatable bonds is 5. The van der Waals surface area contributed by atoms with Crippen LogP contribution in [0.15, 0.2) is 41.6 Å². The number of carbonyl (C=O) groups excluding carboxylic acids is 1. The van der Waals surface area contributed by atoms with Crippen LogP contribution >= 0.6 is 12.6 Å². The number of aromatic nitrogens is 2. The second-order valence-electron chi connectivity index (χ2n) is 6.85. The van der Waals surface area contributed by atoms with Crippen molar-refractivity contribution in [2.24, 2.45) is 0 Å². The number of ether oxygens (including phenoxy) is 1. The molecule has 1 aromatic carbocycles. The molecule has 0 radical (unpaired) electrons. The van der Waals surface area contributed by atoms with Crippen LogP contribution in [0.3, 0.4) is 0 Å². The smallest absolute Gasteiger partial charge is 0.407 e. The predicted molar refractivity (Wildman–Crippen MR) is 104 cm³/mol. The molecule has 2 aromatic rings. The zero-order valence-electron chi connectivity index (χ0n) is 15.0. The fourth-order valence-electron chi connectivity index (χ4n) is 3.06. The minimum Gasteiger partial charge on any atom is -0.446 e. The number of hydrogen-bond acceptors (Lipinski definition) is 6. The highest BCUT2D eigenvalue weighted by molar-refractivity contribution is 7.80. The molecule has 0 saturated heterocycles. The molecule has 3 rings (SSSR count). The average Bonchev–Trinajstić information content (AvgIpc) is 3.05. The van der Waals surface area contributed by atoms with E-state index in [1.807, 2.05) is 50.5 Å². The van der Waals surface area contributed by atoms with E-state index in [4.69, 9.17) is 4.74 Å². The first kappa shape index (κ1) is 18.5. The van der Waals surface area contributed by atoms with E-state index in [-0.39, 0.29) is 18.2 Å². The third-order valence-electron chi connectivity index (χ3n) is 4.33. The van der Waals surface area contributed by atoms with Gasteiger partial charge in [0.25, 0.3) is 0 Å². The normalized spacial score (nSPS) is 19.4. The molecule has 1 amide bonds. The van der Waals surface area contributed by atoms with Gasteiger partial charge in [-0.05, 0) is 68.9 Å². The number of hydrogen-bond donors (Lipinski definition) is 3. The lowest BCUT2D eigenvalue weighted by Crippen LogP contribution is -2.33. The molecule has 138 valence electrons. The van der Waals surface area contributed by atoms with Gasteiger partial charge in [-0.1, -0.05) is 0 Å². The highest BCUT2D eigenvalue weighted by Gasteiger charge is 2.29. The Labute approximate surface area is 159 Å². The van der Waals surface area contributed by atoms with Crippen LogP contribution in [0.5, 0.6) is 0 Å². The molecule has 6 nitrogen and oxygen atoms in total. The third kappa shape index (κ3) is 5.11. The summed E-state index contributed by atoms with van der Waals surface area (Å²) in [6.45, 7) is 3.83. The van der Waals surface area contributed by atoms with E-state index in [0.717, 1.165) is 35.4 Å². The van der Waals surface area contributed by atoms with Gasteiger partial charge >= 0.3 is 6.09 Å².